The first kappa shape index (κ1) is 10.5. The first-order chi connectivity index (χ1) is 8.66. The van der Waals surface area contributed by atoms with Crippen LogP contribution in [0.5, 0.6) is 0 Å². The second-order valence-corrected chi connectivity index (χ2v) is 4.08. The van der Waals surface area contributed by atoms with Gasteiger partial charge in [0.25, 0.3) is 0 Å². The summed E-state index contributed by atoms with van der Waals surface area (Å²) in [4.78, 5) is 4.34. The second-order valence-electron chi connectivity index (χ2n) is 4.08. The first-order valence-electron chi connectivity index (χ1n) is 5.49. The van der Waals surface area contributed by atoms with Crippen LogP contribution in [0.1, 0.15) is 5.56 Å². The Morgan fingerprint density at radius 2 is 1.89 bits per heavy atom. The van der Waals surface area contributed by atoms with Gasteiger partial charge in [0.1, 0.15) is 0 Å². The number of hydrogen-bond acceptors (Lipinski definition) is 5. The van der Waals surface area contributed by atoms with Crippen LogP contribution < -0.4 is 11.5 Å². The molecular formula is C12H12N6. The third-order valence-electron chi connectivity index (χ3n) is 2.86. The number of benzene rings is 1. The van der Waals surface area contributed by atoms with Crippen LogP contribution >= 0.6 is 0 Å². The maximum absolute atomic E-state index is 5.87. The van der Waals surface area contributed by atoms with Crippen molar-refractivity contribution < 1.29 is 0 Å². The fraction of sp³-hybridized carbons (Fsp3) is 0.0833. The number of nitrogen functional groups attached to an aromatic ring is 2. The number of nitrogens with zero attached hydrogens (tertiary/aromatic N) is 4. The molecule has 0 aliphatic heterocycles. The smallest absolute Gasteiger partial charge is 0.226 e. The number of hydrogen-bond donors (Lipinski definition) is 2. The van der Waals surface area contributed by atoms with Gasteiger partial charge in [-0.1, -0.05) is 24.3 Å². The maximum atomic E-state index is 5.87. The highest BCUT2D eigenvalue weighted by Gasteiger charge is 2.10. The lowest BCUT2D eigenvalue weighted by Gasteiger charge is -2.07. The van der Waals surface area contributed by atoms with Crippen LogP contribution in [0.15, 0.2) is 30.5 Å². The molecule has 1 aromatic carbocycles. The van der Waals surface area contributed by atoms with Crippen molar-refractivity contribution in [2.45, 2.75) is 6.92 Å². The Morgan fingerprint density at radius 3 is 2.67 bits per heavy atom. The molecule has 0 unspecified atom stereocenters. The van der Waals surface area contributed by atoms with Gasteiger partial charge in [0.2, 0.25) is 11.6 Å². The van der Waals surface area contributed by atoms with Crippen molar-refractivity contribution in [3.8, 4) is 11.3 Å². The average molecular weight is 240 g/mol. The van der Waals surface area contributed by atoms with Crippen LogP contribution in [-0.4, -0.2) is 19.6 Å². The summed E-state index contributed by atoms with van der Waals surface area (Å²) < 4.78 is 1.64. The summed E-state index contributed by atoms with van der Waals surface area (Å²) in [5, 5.41) is 7.66. The van der Waals surface area contributed by atoms with Gasteiger partial charge in [-0.3, -0.25) is 4.40 Å². The molecular weight excluding hydrogens is 228 g/mol. The van der Waals surface area contributed by atoms with E-state index in [2.05, 4.69) is 15.2 Å². The summed E-state index contributed by atoms with van der Waals surface area (Å²) in [5.74, 6) is 0.619. The summed E-state index contributed by atoms with van der Waals surface area (Å²) in [7, 11) is 0. The Bertz CT molecular complexity index is 731. The molecule has 0 aliphatic rings. The maximum Gasteiger partial charge on any atom is 0.226 e. The zero-order valence-corrected chi connectivity index (χ0v) is 9.83. The zero-order chi connectivity index (χ0) is 12.7. The Hall–Kier alpha value is -2.63. The molecule has 0 radical (unpaired) electrons. The van der Waals surface area contributed by atoms with E-state index in [0.29, 0.717) is 17.4 Å². The summed E-state index contributed by atoms with van der Waals surface area (Å²) >= 11 is 0. The molecule has 0 fully saturated rings. The highest BCUT2D eigenvalue weighted by atomic mass is 15.3. The molecule has 3 rings (SSSR count). The Morgan fingerprint density at radius 1 is 1.11 bits per heavy atom. The van der Waals surface area contributed by atoms with Gasteiger partial charge in [-0.15, -0.1) is 10.2 Å². The quantitative estimate of drug-likeness (QED) is 0.667. The van der Waals surface area contributed by atoms with Crippen LogP contribution in [0.4, 0.5) is 11.8 Å². The van der Waals surface area contributed by atoms with Crippen LogP contribution in [0.2, 0.25) is 0 Å². The van der Waals surface area contributed by atoms with E-state index in [1.165, 1.54) is 0 Å². The summed E-state index contributed by atoms with van der Waals surface area (Å²) in [6.07, 6.45) is 1.80. The molecule has 4 N–H and O–H groups in total. The van der Waals surface area contributed by atoms with Crippen molar-refractivity contribution in [1.29, 1.82) is 0 Å². The minimum atomic E-state index is 0.300. The van der Waals surface area contributed by atoms with Gasteiger partial charge in [0.15, 0.2) is 5.82 Å². The highest BCUT2D eigenvalue weighted by Crippen LogP contribution is 2.24. The number of fused-ring (bicyclic) bond motifs is 1. The molecule has 0 saturated heterocycles. The van der Waals surface area contributed by atoms with Crippen LogP contribution in [-0.2, 0) is 0 Å². The number of aromatic nitrogens is 4. The average Bonchev–Trinajstić information content (AvgIpc) is 2.72. The lowest BCUT2D eigenvalue weighted by molar-refractivity contribution is 1.12. The molecule has 18 heavy (non-hydrogen) atoms. The SMILES string of the molecule is Cc1ccccc1-c1cn2c(N)nnc2c(N)n1. The van der Waals surface area contributed by atoms with E-state index in [0.717, 1.165) is 16.8 Å². The molecule has 0 bridgehead atoms. The van der Waals surface area contributed by atoms with E-state index in [1.54, 1.807) is 10.6 Å². The highest BCUT2D eigenvalue weighted by molar-refractivity contribution is 5.70. The largest absolute Gasteiger partial charge is 0.381 e. The zero-order valence-electron chi connectivity index (χ0n) is 9.83. The molecule has 0 amide bonds. The van der Waals surface area contributed by atoms with Gasteiger partial charge in [-0.2, -0.15) is 0 Å². The van der Waals surface area contributed by atoms with Crippen LogP contribution in [0.3, 0.4) is 0 Å². The predicted molar refractivity (Wildman–Crippen MR) is 69.8 cm³/mol. The van der Waals surface area contributed by atoms with Crippen LogP contribution in [0, 0.1) is 6.92 Å². The molecule has 0 saturated carbocycles. The van der Waals surface area contributed by atoms with E-state index in [4.69, 9.17) is 11.5 Å². The van der Waals surface area contributed by atoms with Gasteiger partial charge in [0, 0.05) is 11.8 Å². The minimum Gasteiger partial charge on any atom is -0.381 e. The van der Waals surface area contributed by atoms with E-state index in [9.17, 15) is 0 Å². The normalized spacial score (nSPS) is 10.9. The molecule has 0 atom stereocenters. The molecule has 2 heterocycles. The summed E-state index contributed by atoms with van der Waals surface area (Å²) in [5.41, 5.74) is 15.0. The number of nitrogens with two attached hydrogens (primary N) is 2. The van der Waals surface area contributed by atoms with Crippen molar-refractivity contribution >= 4 is 17.4 Å². The Labute approximate surface area is 103 Å². The van der Waals surface area contributed by atoms with Crippen molar-refractivity contribution in [2.24, 2.45) is 0 Å². The lowest BCUT2D eigenvalue weighted by Crippen LogP contribution is -2.01. The van der Waals surface area contributed by atoms with Crippen LogP contribution in [0.25, 0.3) is 16.9 Å². The van der Waals surface area contributed by atoms with Crippen molar-refractivity contribution in [3.63, 3.8) is 0 Å². The van der Waals surface area contributed by atoms with E-state index in [1.807, 2.05) is 31.2 Å². The minimum absolute atomic E-state index is 0.300. The van der Waals surface area contributed by atoms with Gasteiger partial charge in [0.05, 0.1) is 5.69 Å². The predicted octanol–water partition coefficient (Wildman–Crippen LogP) is 1.26. The second kappa shape index (κ2) is 3.69. The molecule has 6 nitrogen and oxygen atoms in total. The van der Waals surface area contributed by atoms with Gasteiger partial charge in [-0.25, -0.2) is 4.98 Å². The standard InChI is InChI=1S/C12H12N6/c1-7-4-2-3-5-8(7)9-6-18-11(10(13)15-9)16-17-12(18)14/h2-6H,1H3,(H2,13,15)(H2,14,17). The number of aryl methyl sites for hydroxylation is 1. The summed E-state index contributed by atoms with van der Waals surface area (Å²) in [6, 6.07) is 7.95. The third kappa shape index (κ3) is 1.46. The Balaban J connectivity index is 2.31. The van der Waals surface area contributed by atoms with E-state index in [-0.39, 0.29) is 0 Å². The van der Waals surface area contributed by atoms with Gasteiger partial charge >= 0.3 is 0 Å². The van der Waals surface area contributed by atoms with E-state index >= 15 is 0 Å². The van der Waals surface area contributed by atoms with E-state index < -0.39 is 0 Å². The molecule has 2 aromatic heterocycles. The third-order valence-corrected chi connectivity index (χ3v) is 2.86. The summed E-state index contributed by atoms with van der Waals surface area (Å²) in [6.45, 7) is 2.02. The van der Waals surface area contributed by atoms with Gasteiger partial charge < -0.3 is 11.5 Å². The van der Waals surface area contributed by atoms with Crippen molar-refractivity contribution in [2.75, 3.05) is 11.5 Å². The number of anilines is 2. The fourth-order valence-electron chi connectivity index (χ4n) is 1.93. The number of rotatable bonds is 1. The lowest BCUT2D eigenvalue weighted by atomic mass is 10.1. The monoisotopic (exact) mass is 240 g/mol. The first-order valence-corrected chi connectivity index (χ1v) is 5.49. The Kier molecular flexibility index (Phi) is 2.16. The topological polar surface area (TPSA) is 95.1 Å². The molecule has 0 aliphatic carbocycles. The molecule has 90 valence electrons. The molecule has 6 heteroatoms. The fourth-order valence-corrected chi connectivity index (χ4v) is 1.93. The molecule has 0 spiro atoms. The van der Waals surface area contributed by atoms with Gasteiger partial charge in [-0.05, 0) is 12.5 Å². The van der Waals surface area contributed by atoms with Crippen molar-refractivity contribution in [1.82, 2.24) is 19.6 Å². The van der Waals surface area contributed by atoms with Crippen molar-refractivity contribution in [3.05, 3.63) is 36.0 Å². The molecule has 3 aromatic rings.